The summed E-state index contributed by atoms with van der Waals surface area (Å²) in [6, 6.07) is 23.0. The van der Waals surface area contributed by atoms with Gasteiger partial charge < -0.3 is 10.1 Å². The lowest BCUT2D eigenvalue weighted by molar-refractivity contribution is -0.113. The molecule has 3 aromatic carbocycles. The number of nitrogens with zero attached hydrogens (tertiary/aromatic N) is 3. The van der Waals surface area contributed by atoms with Gasteiger partial charge in [-0.25, -0.2) is 0 Å². The van der Waals surface area contributed by atoms with E-state index in [0.29, 0.717) is 21.8 Å². The first-order chi connectivity index (χ1) is 16.1. The highest BCUT2D eigenvalue weighted by atomic mass is 35.5. The summed E-state index contributed by atoms with van der Waals surface area (Å²) < 4.78 is 7.18. The van der Waals surface area contributed by atoms with Crippen molar-refractivity contribution in [1.29, 1.82) is 0 Å². The Hall–Kier alpha value is -2.94. The Morgan fingerprint density at radius 2 is 1.88 bits per heavy atom. The molecule has 9 heteroatoms. The minimum absolute atomic E-state index is 0.123. The van der Waals surface area contributed by atoms with Crippen LogP contribution in [0, 0.1) is 0 Å². The SMILES string of the molecule is COc1ccc(-n2c(SCC(=O)Nc3cccc(SC)c3)nnc2-c2ccccc2)cc1Cl. The maximum absolute atomic E-state index is 12.6. The van der Waals surface area contributed by atoms with Gasteiger partial charge in [0.15, 0.2) is 11.0 Å². The molecule has 1 aromatic heterocycles. The fraction of sp³-hybridized carbons (Fsp3) is 0.125. The van der Waals surface area contributed by atoms with Gasteiger partial charge in [0.1, 0.15) is 5.75 Å². The van der Waals surface area contributed by atoms with Crippen molar-refractivity contribution in [3.05, 3.63) is 77.8 Å². The number of ether oxygens (including phenoxy) is 1. The van der Waals surface area contributed by atoms with Crippen LogP contribution in [0.5, 0.6) is 5.75 Å². The zero-order chi connectivity index (χ0) is 23.2. The van der Waals surface area contributed by atoms with Gasteiger partial charge in [-0.2, -0.15) is 0 Å². The molecule has 0 fully saturated rings. The van der Waals surface area contributed by atoms with E-state index in [2.05, 4.69) is 15.5 Å². The first-order valence-electron chi connectivity index (χ1n) is 10.0. The fourth-order valence-corrected chi connectivity index (χ4v) is 4.66. The smallest absolute Gasteiger partial charge is 0.234 e. The van der Waals surface area contributed by atoms with Gasteiger partial charge in [-0.3, -0.25) is 9.36 Å². The summed E-state index contributed by atoms with van der Waals surface area (Å²) in [6.07, 6.45) is 2.00. The van der Waals surface area contributed by atoms with Crippen molar-refractivity contribution in [2.75, 3.05) is 24.4 Å². The average Bonchev–Trinajstić information content (AvgIpc) is 3.27. The van der Waals surface area contributed by atoms with Crippen LogP contribution in [0.1, 0.15) is 0 Å². The Bertz CT molecular complexity index is 1260. The number of halogens is 1. The Morgan fingerprint density at radius 1 is 1.06 bits per heavy atom. The summed E-state index contributed by atoms with van der Waals surface area (Å²) in [4.78, 5) is 13.7. The van der Waals surface area contributed by atoms with Crippen LogP contribution in [-0.2, 0) is 4.79 Å². The van der Waals surface area contributed by atoms with E-state index in [-0.39, 0.29) is 11.7 Å². The predicted molar refractivity (Wildman–Crippen MR) is 136 cm³/mol. The lowest BCUT2D eigenvalue weighted by atomic mass is 10.2. The first kappa shape index (κ1) is 23.2. The summed E-state index contributed by atoms with van der Waals surface area (Å²) in [7, 11) is 1.57. The van der Waals surface area contributed by atoms with Crippen LogP contribution < -0.4 is 10.1 Å². The third-order valence-corrected chi connectivity index (χ3v) is 6.69. The minimum Gasteiger partial charge on any atom is -0.495 e. The lowest BCUT2D eigenvalue weighted by Crippen LogP contribution is -2.14. The minimum atomic E-state index is -0.123. The average molecular weight is 497 g/mol. The second-order valence-electron chi connectivity index (χ2n) is 6.90. The molecule has 0 aliphatic carbocycles. The molecule has 0 spiro atoms. The molecule has 4 rings (SSSR count). The van der Waals surface area contributed by atoms with Crippen LogP contribution in [0.15, 0.2) is 82.8 Å². The second-order valence-corrected chi connectivity index (χ2v) is 9.12. The topological polar surface area (TPSA) is 69.0 Å². The number of methoxy groups -OCH3 is 1. The van der Waals surface area contributed by atoms with Gasteiger partial charge in [0.2, 0.25) is 5.91 Å². The van der Waals surface area contributed by atoms with Crippen molar-refractivity contribution in [2.24, 2.45) is 0 Å². The van der Waals surface area contributed by atoms with Crippen molar-refractivity contribution in [3.63, 3.8) is 0 Å². The molecule has 6 nitrogen and oxygen atoms in total. The second kappa shape index (κ2) is 10.8. The Balaban J connectivity index is 1.61. The standard InChI is InChI=1S/C24H21ClN4O2S2/c1-31-21-12-11-18(14-20(21)25)29-23(16-7-4-3-5-8-16)27-28-24(29)33-15-22(30)26-17-9-6-10-19(13-17)32-2/h3-14H,15H2,1-2H3,(H,26,30). The van der Waals surface area contributed by atoms with Crippen LogP contribution >= 0.6 is 35.1 Å². The lowest BCUT2D eigenvalue weighted by Gasteiger charge is -2.12. The predicted octanol–water partition coefficient (Wildman–Crippen LogP) is 6.05. The van der Waals surface area contributed by atoms with Gasteiger partial charge >= 0.3 is 0 Å². The molecule has 1 N–H and O–H groups in total. The molecule has 1 heterocycles. The van der Waals surface area contributed by atoms with E-state index >= 15 is 0 Å². The Kier molecular flexibility index (Phi) is 7.59. The molecule has 0 saturated carbocycles. The van der Waals surface area contributed by atoms with Crippen LogP contribution in [0.4, 0.5) is 5.69 Å². The number of hydrogen-bond donors (Lipinski definition) is 1. The van der Waals surface area contributed by atoms with E-state index in [1.54, 1.807) is 31.0 Å². The number of aromatic nitrogens is 3. The molecule has 1 amide bonds. The van der Waals surface area contributed by atoms with Gasteiger partial charge in [0.25, 0.3) is 0 Å². The van der Waals surface area contributed by atoms with Gasteiger partial charge in [0.05, 0.1) is 23.6 Å². The van der Waals surface area contributed by atoms with Crippen molar-refractivity contribution < 1.29 is 9.53 Å². The summed E-state index contributed by atoms with van der Waals surface area (Å²) >= 11 is 9.32. The highest BCUT2D eigenvalue weighted by molar-refractivity contribution is 7.99. The van der Waals surface area contributed by atoms with E-state index in [1.165, 1.54) is 11.8 Å². The van der Waals surface area contributed by atoms with Gasteiger partial charge in [-0.1, -0.05) is 59.8 Å². The highest BCUT2D eigenvalue weighted by Gasteiger charge is 2.18. The molecule has 0 aliphatic heterocycles. The molecule has 0 bridgehead atoms. The molecule has 0 atom stereocenters. The number of hydrogen-bond acceptors (Lipinski definition) is 6. The van der Waals surface area contributed by atoms with E-state index in [9.17, 15) is 4.79 Å². The van der Waals surface area contributed by atoms with E-state index in [0.717, 1.165) is 21.8 Å². The Labute approximate surface area is 205 Å². The zero-order valence-corrected chi connectivity index (χ0v) is 20.4. The van der Waals surface area contributed by atoms with E-state index in [1.807, 2.05) is 71.5 Å². The number of rotatable bonds is 8. The number of thioether (sulfide) groups is 2. The molecule has 0 saturated heterocycles. The number of amides is 1. The quantitative estimate of drug-likeness (QED) is 0.299. The van der Waals surface area contributed by atoms with E-state index in [4.69, 9.17) is 16.3 Å². The summed E-state index contributed by atoms with van der Waals surface area (Å²) in [6.45, 7) is 0. The molecule has 0 aliphatic rings. The number of anilines is 1. The monoisotopic (exact) mass is 496 g/mol. The molecule has 33 heavy (non-hydrogen) atoms. The number of nitrogens with one attached hydrogen (secondary N) is 1. The number of carbonyl (C=O) groups is 1. The Morgan fingerprint density at radius 3 is 2.61 bits per heavy atom. The third-order valence-electron chi connectivity index (χ3n) is 4.74. The molecule has 168 valence electrons. The van der Waals surface area contributed by atoms with Crippen molar-refractivity contribution >= 4 is 46.7 Å². The van der Waals surface area contributed by atoms with Crippen LogP contribution in [0.3, 0.4) is 0 Å². The van der Waals surface area contributed by atoms with Crippen LogP contribution in [-0.4, -0.2) is 39.8 Å². The summed E-state index contributed by atoms with van der Waals surface area (Å²) in [5, 5.41) is 12.8. The summed E-state index contributed by atoms with van der Waals surface area (Å²) in [5.41, 5.74) is 2.45. The third kappa shape index (κ3) is 5.52. The maximum atomic E-state index is 12.6. The molecule has 0 radical (unpaired) electrons. The first-order valence-corrected chi connectivity index (χ1v) is 12.6. The molecular formula is C24H21ClN4O2S2. The normalized spacial score (nSPS) is 10.8. The van der Waals surface area contributed by atoms with Crippen molar-refractivity contribution in [3.8, 4) is 22.8 Å². The van der Waals surface area contributed by atoms with Gasteiger partial charge in [-0.05, 0) is 42.7 Å². The van der Waals surface area contributed by atoms with Crippen LogP contribution in [0.25, 0.3) is 17.1 Å². The van der Waals surface area contributed by atoms with Gasteiger partial charge in [-0.15, -0.1) is 22.0 Å². The number of carbonyl (C=O) groups excluding carboxylic acids is 1. The largest absolute Gasteiger partial charge is 0.495 e. The summed E-state index contributed by atoms with van der Waals surface area (Å²) in [5.74, 6) is 1.30. The number of benzene rings is 3. The maximum Gasteiger partial charge on any atom is 0.234 e. The molecule has 4 aromatic rings. The molecular weight excluding hydrogens is 476 g/mol. The van der Waals surface area contributed by atoms with Crippen molar-refractivity contribution in [1.82, 2.24) is 14.8 Å². The zero-order valence-electron chi connectivity index (χ0n) is 18.0. The fourth-order valence-electron chi connectivity index (χ4n) is 3.19. The highest BCUT2D eigenvalue weighted by Crippen LogP contribution is 2.32. The van der Waals surface area contributed by atoms with Gasteiger partial charge in [0, 0.05) is 16.1 Å². The molecule has 0 unspecified atom stereocenters. The van der Waals surface area contributed by atoms with E-state index < -0.39 is 0 Å². The van der Waals surface area contributed by atoms with Crippen LogP contribution in [0.2, 0.25) is 5.02 Å². The van der Waals surface area contributed by atoms with Crippen molar-refractivity contribution in [2.45, 2.75) is 10.1 Å².